The summed E-state index contributed by atoms with van der Waals surface area (Å²) in [5, 5.41) is 4.96. The van der Waals surface area contributed by atoms with Crippen molar-refractivity contribution in [1.29, 1.82) is 0 Å². The fraction of sp³-hybridized carbons (Fsp3) is 0.600. The molecule has 2 rings (SSSR count). The van der Waals surface area contributed by atoms with Crippen LogP contribution in [0.5, 0.6) is 0 Å². The molecule has 1 aliphatic rings. The normalized spacial score (nSPS) is 26.8. The molecule has 0 saturated carbocycles. The molecule has 1 fully saturated rings. The van der Waals surface area contributed by atoms with Crippen molar-refractivity contribution in [3.8, 4) is 0 Å². The SMILES string of the molecule is CCNCC1(Cc2c(Cl)cccc2Cl)CCOC1C. The van der Waals surface area contributed by atoms with Crippen molar-refractivity contribution in [3.05, 3.63) is 33.8 Å². The van der Waals surface area contributed by atoms with Gasteiger partial charge in [0.25, 0.3) is 0 Å². The number of nitrogens with one attached hydrogen (secondary N) is 1. The zero-order chi connectivity index (χ0) is 13.9. The van der Waals surface area contributed by atoms with E-state index < -0.39 is 0 Å². The van der Waals surface area contributed by atoms with Crippen LogP contribution < -0.4 is 5.32 Å². The van der Waals surface area contributed by atoms with Crippen molar-refractivity contribution in [1.82, 2.24) is 5.32 Å². The van der Waals surface area contributed by atoms with Crippen LogP contribution in [-0.4, -0.2) is 25.8 Å². The van der Waals surface area contributed by atoms with Crippen LogP contribution in [0.4, 0.5) is 0 Å². The molecule has 19 heavy (non-hydrogen) atoms. The van der Waals surface area contributed by atoms with E-state index in [0.29, 0.717) is 0 Å². The summed E-state index contributed by atoms with van der Waals surface area (Å²) in [7, 11) is 0. The lowest BCUT2D eigenvalue weighted by Crippen LogP contribution is -2.41. The average Bonchev–Trinajstić information content (AvgIpc) is 2.74. The van der Waals surface area contributed by atoms with Gasteiger partial charge in [-0.3, -0.25) is 0 Å². The van der Waals surface area contributed by atoms with Gasteiger partial charge >= 0.3 is 0 Å². The van der Waals surface area contributed by atoms with Crippen LogP contribution in [0.2, 0.25) is 10.0 Å². The summed E-state index contributed by atoms with van der Waals surface area (Å²) in [6.07, 6.45) is 2.13. The Bertz CT molecular complexity index is 418. The van der Waals surface area contributed by atoms with Gasteiger partial charge < -0.3 is 10.1 Å². The molecule has 2 unspecified atom stereocenters. The highest BCUT2D eigenvalue weighted by Gasteiger charge is 2.41. The molecule has 2 nitrogen and oxygen atoms in total. The fourth-order valence-corrected chi connectivity index (χ4v) is 3.30. The highest BCUT2D eigenvalue weighted by Crippen LogP contribution is 2.40. The predicted molar refractivity (Wildman–Crippen MR) is 81.2 cm³/mol. The first-order valence-electron chi connectivity index (χ1n) is 6.84. The van der Waals surface area contributed by atoms with E-state index in [1.54, 1.807) is 0 Å². The van der Waals surface area contributed by atoms with Crippen LogP contribution in [0.3, 0.4) is 0 Å². The van der Waals surface area contributed by atoms with Crippen molar-refractivity contribution in [2.24, 2.45) is 5.41 Å². The van der Waals surface area contributed by atoms with E-state index in [4.69, 9.17) is 27.9 Å². The third-order valence-electron chi connectivity index (χ3n) is 4.15. The van der Waals surface area contributed by atoms with Crippen LogP contribution in [0.1, 0.15) is 25.8 Å². The fourth-order valence-electron chi connectivity index (χ4n) is 2.77. The second-order valence-electron chi connectivity index (χ2n) is 5.28. The molecule has 0 aromatic heterocycles. The Kier molecular flexibility index (Phi) is 5.13. The van der Waals surface area contributed by atoms with Crippen LogP contribution in [0.15, 0.2) is 18.2 Å². The Morgan fingerprint density at radius 1 is 1.37 bits per heavy atom. The van der Waals surface area contributed by atoms with E-state index in [2.05, 4.69) is 19.2 Å². The smallest absolute Gasteiger partial charge is 0.0619 e. The molecular formula is C15H21Cl2NO. The molecule has 1 saturated heterocycles. The van der Waals surface area contributed by atoms with Gasteiger partial charge in [0.15, 0.2) is 0 Å². The molecule has 0 amide bonds. The second-order valence-corrected chi connectivity index (χ2v) is 6.10. The number of hydrogen-bond donors (Lipinski definition) is 1. The number of halogens is 2. The quantitative estimate of drug-likeness (QED) is 0.889. The molecule has 2 atom stereocenters. The van der Waals surface area contributed by atoms with Gasteiger partial charge in [-0.25, -0.2) is 0 Å². The minimum atomic E-state index is 0.0879. The van der Waals surface area contributed by atoms with E-state index >= 15 is 0 Å². The van der Waals surface area contributed by atoms with Gasteiger partial charge in [0, 0.05) is 28.6 Å². The van der Waals surface area contributed by atoms with Crippen molar-refractivity contribution >= 4 is 23.2 Å². The molecule has 0 aliphatic carbocycles. The molecule has 0 bridgehead atoms. The Hall–Kier alpha value is -0.280. The van der Waals surface area contributed by atoms with E-state index in [1.165, 1.54) is 0 Å². The highest BCUT2D eigenvalue weighted by atomic mass is 35.5. The Labute approximate surface area is 125 Å². The van der Waals surface area contributed by atoms with Gasteiger partial charge in [-0.2, -0.15) is 0 Å². The summed E-state index contributed by atoms with van der Waals surface area (Å²) in [5.41, 5.74) is 1.13. The third-order valence-corrected chi connectivity index (χ3v) is 4.86. The lowest BCUT2D eigenvalue weighted by Gasteiger charge is -2.33. The van der Waals surface area contributed by atoms with Crippen LogP contribution in [0, 0.1) is 5.41 Å². The minimum Gasteiger partial charge on any atom is -0.378 e. The maximum atomic E-state index is 6.31. The lowest BCUT2D eigenvalue weighted by atomic mass is 9.76. The van der Waals surface area contributed by atoms with Crippen molar-refractivity contribution in [2.75, 3.05) is 19.7 Å². The Balaban J connectivity index is 2.25. The van der Waals surface area contributed by atoms with Crippen molar-refractivity contribution in [2.45, 2.75) is 32.8 Å². The van der Waals surface area contributed by atoms with E-state index in [1.807, 2.05) is 18.2 Å². The molecule has 1 aliphatic heterocycles. The largest absolute Gasteiger partial charge is 0.378 e. The topological polar surface area (TPSA) is 21.3 Å². The molecule has 4 heteroatoms. The first-order valence-corrected chi connectivity index (χ1v) is 7.60. The molecule has 0 spiro atoms. The van der Waals surface area contributed by atoms with E-state index in [0.717, 1.165) is 48.1 Å². The van der Waals surface area contributed by atoms with E-state index in [-0.39, 0.29) is 11.5 Å². The summed E-state index contributed by atoms with van der Waals surface area (Å²) in [5.74, 6) is 0. The van der Waals surface area contributed by atoms with Gasteiger partial charge in [0.1, 0.15) is 0 Å². The molecule has 0 radical (unpaired) electrons. The monoisotopic (exact) mass is 301 g/mol. The Morgan fingerprint density at radius 2 is 2.05 bits per heavy atom. The molecule has 1 N–H and O–H groups in total. The number of benzene rings is 1. The molecular weight excluding hydrogens is 281 g/mol. The minimum absolute atomic E-state index is 0.0879. The summed E-state index contributed by atoms with van der Waals surface area (Å²) in [6.45, 7) is 6.98. The molecule has 1 aromatic carbocycles. The highest BCUT2D eigenvalue weighted by molar-refractivity contribution is 6.36. The van der Waals surface area contributed by atoms with Crippen molar-refractivity contribution in [3.63, 3.8) is 0 Å². The summed E-state index contributed by atoms with van der Waals surface area (Å²) in [6, 6.07) is 5.70. The van der Waals surface area contributed by atoms with Gasteiger partial charge in [-0.15, -0.1) is 0 Å². The van der Waals surface area contributed by atoms with Gasteiger partial charge in [0.05, 0.1) is 6.10 Å². The molecule has 1 heterocycles. The first-order chi connectivity index (χ1) is 9.09. The summed E-state index contributed by atoms with van der Waals surface area (Å²) >= 11 is 12.6. The standard InChI is InChI=1S/C15H21Cl2NO/c1-3-18-10-15(7-8-19-11(15)2)9-12-13(16)5-4-6-14(12)17/h4-6,11,18H,3,7-10H2,1-2H3. The zero-order valence-corrected chi connectivity index (χ0v) is 13.0. The second kappa shape index (κ2) is 6.45. The number of ether oxygens (including phenoxy) is 1. The predicted octanol–water partition coefficient (Wildman–Crippen LogP) is 3.94. The average molecular weight is 302 g/mol. The summed E-state index contributed by atoms with van der Waals surface area (Å²) < 4.78 is 5.79. The lowest BCUT2D eigenvalue weighted by molar-refractivity contribution is 0.0633. The third kappa shape index (κ3) is 3.25. The Morgan fingerprint density at radius 3 is 2.58 bits per heavy atom. The van der Waals surface area contributed by atoms with E-state index in [9.17, 15) is 0 Å². The number of rotatable bonds is 5. The van der Waals surface area contributed by atoms with Gasteiger partial charge in [0.2, 0.25) is 0 Å². The van der Waals surface area contributed by atoms with Crippen molar-refractivity contribution < 1.29 is 4.74 Å². The number of hydrogen-bond acceptors (Lipinski definition) is 2. The van der Waals surface area contributed by atoms with Crippen LogP contribution in [-0.2, 0) is 11.2 Å². The maximum Gasteiger partial charge on any atom is 0.0619 e. The zero-order valence-electron chi connectivity index (χ0n) is 11.5. The van der Waals surface area contributed by atoms with Crippen LogP contribution in [0.25, 0.3) is 0 Å². The van der Waals surface area contributed by atoms with Gasteiger partial charge in [-0.1, -0.05) is 36.2 Å². The van der Waals surface area contributed by atoms with Gasteiger partial charge in [-0.05, 0) is 44.0 Å². The van der Waals surface area contributed by atoms with Crippen LogP contribution >= 0.6 is 23.2 Å². The first kappa shape index (κ1) is 15.1. The maximum absolute atomic E-state index is 6.31. The summed E-state index contributed by atoms with van der Waals surface area (Å²) in [4.78, 5) is 0. The molecule has 1 aromatic rings. The molecule has 106 valence electrons.